The second-order valence-electron chi connectivity index (χ2n) is 8.86. The lowest BCUT2D eigenvalue weighted by atomic mass is 10.1. The van der Waals surface area contributed by atoms with Gasteiger partial charge in [0.2, 0.25) is 0 Å². The van der Waals surface area contributed by atoms with Gasteiger partial charge in [0.25, 0.3) is 0 Å². The van der Waals surface area contributed by atoms with Gasteiger partial charge in [-0.05, 0) is 74.4 Å². The molecule has 5 nitrogen and oxygen atoms in total. The Morgan fingerprint density at radius 2 is 1.66 bits per heavy atom. The molecule has 2 heterocycles. The number of pyridine rings is 1. The maximum atomic E-state index is 13.4. The average Bonchev–Trinajstić information content (AvgIpc) is 3.22. The molecule has 0 saturated heterocycles. The lowest BCUT2D eigenvalue weighted by molar-refractivity contribution is 0.0696. The number of hydrogen-bond donors (Lipinski definition) is 1. The van der Waals surface area contributed by atoms with Gasteiger partial charge in [-0.1, -0.05) is 42.5 Å². The number of hydrogen-bond acceptors (Lipinski definition) is 3. The molecule has 0 spiro atoms. The fourth-order valence-electron chi connectivity index (χ4n) is 4.35. The summed E-state index contributed by atoms with van der Waals surface area (Å²) < 4.78 is 15.7. The number of benzene rings is 2. The molecule has 0 saturated carbocycles. The Morgan fingerprint density at radius 3 is 2.40 bits per heavy atom. The summed E-state index contributed by atoms with van der Waals surface area (Å²) in [6, 6.07) is 20.3. The van der Waals surface area contributed by atoms with Crippen molar-refractivity contribution in [2.24, 2.45) is 0 Å². The van der Waals surface area contributed by atoms with Crippen molar-refractivity contribution in [2.45, 2.75) is 52.0 Å². The van der Waals surface area contributed by atoms with Gasteiger partial charge in [-0.3, -0.25) is 4.98 Å². The van der Waals surface area contributed by atoms with Gasteiger partial charge in [0, 0.05) is 36.2 Å². The number of aromatic nitrogens is 3. The molecule has 1 N–H and O–H groups in total. The smallest absolute Gasteiger partial charge is 0.335 e. The van der Waals surface area contributed by atoms with Gasteiger partial charge < -0.3 is 9.67 Å². The highest BCUT2D eigenvalue weighted by atomic mass is 19.1. The number of imidazole rings is 1. The van der Waals surface area contributed by atoms with Crippen LogP contribution >= 0.6 is 0 Å². The van der Waals surface area contributed by atoms with E-state index in [0.717, 1.165) is 49.2 Å². The van der Waals surface area contributed by atoms with Crippen LogP contribution in [0, 0.1) is 12.7 Å². The van der Waals surface area contributed by atoms with Crippen LogP contribution in [0.25, 0.3) is 0 Å². The van der Waals surface area contributed by atoms with Crippen molar-refractivity contribution < 1.29 is 14.3 Å². The van der Waals surface area contributed by atoms with E-state index in [0.29, 0.717) is 18.7 Å². The van der Waals surface area contributed by atoms with E-state index in [1.54, 1.807) is 12.1 Å². The molecule has 0 radical (unpaired) electrons. The van der Waals surface area contributed by atoms with E-state index >= 15 is 0 Å². The molecule has 6 heteroatoms. The van der Waals surface area contributed by atoms with E-state index in [2.05, 4.69) is 33.8 Å². The second kappa shape index (κ2) is 11.6. The van der Waals surface area contributed by atoms with E-state index in [4.69, 9.17) is 4.98 Å². The van der Waals surface area contributed by atoms with E-state index in [-0.39, 0.29) is 11.4 Å². The molecular weight excluding hydrogens is 441 g/mol. The monoisotopic (exact) mass is 471 g/mol. The fourth-order valence-corrected chi connectivity index (χ4v) is 4.35. The highest BCUT2D eigenvalue weighted by Crippen LogP contribution is 2.17. The molecule has 0 atom stereocenters. The summed E-state index contributed by atoms with van der Waals surface area (Å²) in [5, 5.41) is 9.31. The zero-order valence-electron chi connectivity index (χ0n) is 20.0. The molecule has 180 valence electrons. The number of rotatable bonds is 11. The maximum Gasteiger partial charge on any atom is 0.335 e. The molecule has 0 amide bonds. The van der Waals surface area contributed by atoms with Gasteiger partial charge in [-0.15, -0.1) is 0 Å². The average molecular weight is 472 g/mol. The summed E-state index contributed by atoms with van der Waals surface area (Å²) in [5.74, 6) is -0.198. The quantitative estimate of drug-likeness (QED) is 0.299. The van der Waals surface area contributed by atoms with Crippen molar-refractivity contribution in [3.63, 3.8) is 0 Å². The summed E-state index contributed by atoms with van der Waals surface area (Å²) in [4.78, 5) is 20.6. The molecule has 0 bridgehead atoms. The van der Waals surface area contributed by atoms with Crippen LogP contribution in [0.5, 0.6) is 0 Å². The summed E-state index contributed by atoms with van der Waals surface area (Å²) in [7, 11) is 0. The highest BCUT2D eigenvalue weighted by molar-refractivity contribution is 5.87. The van der Waals surface area contributed by atoms with Gasteiger partial charge in [-0.25, -0.2) is 14.2 Å². The van der Waals surface area contributed by atoms with Gasteiger partial charge >= 0.3 is 5.97 Å². The number of aromatic carboxylic acids is 1. The molecule has 0 aliphatic carbocycles. The van der Waals surface area contributed by atoms with E-state index in [9.17, 15) is 14.3 Å². The highest BCUT2D eigenvalue weighted by Gasteiger charge is 2.12. The minimum atomic E-state index is -0.938. The number of carboxylic acid groups (broad SMARTS) is 1. The van der Waals surface area contributed by atoms with Crippen LogP contribution in [0.1, 0.15) is 57.2 Å². The lowest BCUT2D eigenvalue weighted by Crippen LogP contribution is -2.10. The third-order valence-corrected chi connectivity index (χ3v) is 6.10. The third kappa shape index (κ3) is 6.85. The zero-order chi connectivity index (χ0) is 24.6. The Labute approximate surface area is 205 Å². The van der Waals surface area contributed by atoms with Crippen molar-refractivity contribution >= 4 is 5.97 Å². The normalized spacial score (nSPS) is 11.0. The molecule has 0 aliphatic heterocycles. The first-order valence-electron chi connectivity index (χ1n) is 12.0. The van der Waals surface area contributed by atoms with Crippen LogP contribution in [0.15, 0.2) is 72.9 Å². The number of carboxylic acids is 1. The minimum Gasteiger partial charge on any atom is -0.478 e. The molecule has 0 aliphatic rings. The Balaban J connectivity index is 1.46. The molecule has 2 aromatic heterocycles. The molecule has 0 fully saturated rings. The van der Waals surface area contributed by atoms with Gasteiger partial charge in [0.15, 0.2) is 0 Å². The molecule has 0 unspecified atom stereocenters. The number of nitrogens with zero attached hydrogens (tertiary/aromatic N) is 3. The molecular formula is C29H30FN3O2. The van der Waals surface area contributed by atoms with Crippen molar-refractivity contribution in [3.8, 4) is 0 Å². The van der Waals surface area contributed by atoms with Crippen LogP contribution in [0.4, 0.5) is 4.39 Å². The van der Waals surface area contributed by atoms with Crippen LogP contribution in [-0.2, 0) is 32.2 Å². The SMILES string of the molecule is Cc1cc(C(=O)O)cc(CCCc2ncc(CCCc3ccccc3)n2Cc2ccc(F)cc2)n1. The van der Waals surface area contributed by atoms with Crippen molar-refractivity contribution in [1.82, 2.24) is 14.5 Å². The zero-order valence-corrected chi connectivity index (χ0v) is 20.0. The summed E-state index contributed by atoms with van der Waals surface area (Å²) in [5.41, 5.74) is 5.28. The molecule has 4 rings (SSSR count). The van der Waals surface area contributed by atoms with Crippen molar-refractivity contribution in [2.75, 3.05) is 0 Å². The van der Waals surface area contributed by atoms with Crippen LogP contribution in [0.3, 0.4) is 0 Å². The van der Waals surface area contributed by atoms with Gasteiger partial charge in [0.05, 0.1) is 5.56 Å². The minimum absolute atomic E-state index is 0.242. The predicted octanol–water partition coefficient (Wildman–Crippen LogP) is 5.82. The van der Waals surface area contributed by atoms with Crippen molar-refractivity contribution in [1.29, 1.82) is 0 Å². The Bertz CT molecular complexity index is 1270. The fraction of sp³-hybridized carbons (Fsp3) is 0.276. The Morgan fingerprint density at radius 1 is 0.914 bits per heavy atom. The van der Waals surface area contributed by atoms with Gasteiger partial charge in [-0.2, -0.15) is 0 Å². The maximum absolute atomic E-state index is 13.4. The summed E-state index contributed by atoms with van der Waals surface area (Å²) in [6.45, 7) is 2.45. The lowest BCUT2D eigenvalue weighted by Gasteiger charge is -2.13. The molecule has 4 aromatic rings. The number of halogens is 1. The van der Waals surface area contributed by atoms with E-state index in [1.807, 2.05) is 31.3 Å². The summed E-state index contributed by atoms with van der Waals surface area (Å²) in [6.07, 6.45) is 7.11. The van der Waals surface area contributed by atoms with E-state index in [1.165, 1.54) is 23.4 Å². The third-order valence-electron chi connectivity index (χ3n) is 6.10. The molecule has 35 heavy (non-hydrogen) atoms. The van der Waals surface area contributed by atoms with Crippen LogP contribution < -0.4 is 0 Å². The topological polar surface area (TPSA) is 68.0 Å². The number of carbonyl (C=O) groups is 1. The Kier molecular flexibility index (Phi) is 8.03. The van der Waals surface area contributed by atoms with E-state index < -0.39 is 5.97 Å². The largest absolute Gasteiger partial charge is 0.478 e. The first kappa shape index (κ1) is 24.3. The summed E-state index contributed by atoms with van der Waals surface area (Å²) >= 11 is 0. The van der Waals surface area contributed by atoms with Crippen molar-refractivity contribution in [3.05, 3.63) is 118 Å². The Hall–Kier alpha value is -3.80. The number of aryl methyl sites for hydroxylation is 5. The first-order chi connectivity index (χ1) is 17.0. The molecule has 2 aromatic carbocycles. The van der Waals surface area contributed by atoms with Crippen LogP contribution in [0.2, 0.25) is 0 Å². The van der Waals surface area contributed by atoms with Gasteiger partial charge in [0.1, 0.15) is 11.6 Å². The predicted molar refractivity (Wildman–Crippen MR) is 134 cm³/mol. The van der Waals surface area contributed by atoms with Crippen LogP contribution in [-0.4, -0.2) is 25.6 Å². The second-order valence-corrected chi connectivity index (χ2v) is 8.86. The first-order valence-corrected chi connectivity index (χ1v) is 12.0. The standard InChI is InChI=1S/C29H30FN3O2/c1-21-17-24(29(34)35)18-26(32-21)10-6-12-28-31-19-27(11-5-9-22-7-3-2-4-8-22)33(28)20-23-13-15-25(30)16-14-23/h2-4,7-8,13-19H,5-6,9-12,20H2,1H3,(H,34,35).